The molecule has 1 fully saturated rings. The second-order valence-electron chi connectivity index (χ2n) is 4.84. The summed E-state index contributed by atoms with van der Waals surface area (Å²) in [6, 6.07) is 11.2. The maximum absolute atomic E-state index is 9.36. The highest BCUT2D eigenvalue weighted by Crippen LogP contribution is 2.17. The van der Waals surface area contributed by atoms with Crippen molar-refractivity contribution in [2.75, 3.05) is 19.7 Å². The largest absolute Gasteiger partial charge is 0.396 e. The highest BCUT2D eigenvalue weighted by atomic mass is 16.3. The second-order valence-corrected chi connectivity index (χ2v) is 4.84. The summed E-state index contributed by atoms with van der Waals surface area (Å²) in [6.45, 7) is 4.39. The summed E-state index contributed by atoms with van der Waals surface area (Å²) in [5, 5.41) is 16.3. The molecule has 0 unspecified atom stereocenters. The zero-order valence-corrected chi connectivity index (χ0v) is 10.4. The molecule has 3 N–H and O–H groups in total. The molecule has 0 amide bonds. The summed E-state index contributed by atoms with van der Waals surface area (Å²) in [5.74, 6) is 0.329. The molecule has 0 saturated carbocycles. The van der Waals surface area contributed by atoms with Gasteiger partial charge in [-0.25, -0.2) is 0 Å². The Balaban J connectivity index is 1.95. The van der Waals surface area contributed by atoms with E-state index < -0.39 is 0 Å². The number of rotatable bonds is 4. The fourth-order valence-corrected chi connectivity index (χ4v) is 2.49. The van der Waals surface area contributed by atoms with E-state index in [1.165, 1.54) is 5.56 Å². The first-order valence-electron chi connectivity index (χ1n) is 6.44. The predicted molar refractivity (Wildman–Crippen MR) is 69.8 cm³/mol. The van der Waals surface area contributed by atoms with Crippen molar-refractivity contribution in [1.82, 2.24) is 10.6 Å². The van der Waals surface area contributed by atoms with Gasteiger partial charge in [0.1, 0.15) is 0 Å². The van der Waals surface area contributed by atoms with E-state index in [9.17, 15) is 5.11 Å². The van der Waals surface area contributed by atoms with E-state index in [0.717, 1.165) is 19.5 Å². The van der Waals surface area contributed by atoms with Gasteiger partial charge in [-0.3, -0.25) is 0 Å². The van der Waals surface area contributed by atoms with Gasteiger partial charge in [0.15, 0.2) is 0 Å². The number of piperidine rings is 1. The van der Waals surface area contributed by atoms with Crippen LogP contribution in [0.15, 0.2) is 30.3 Å². The Labute approximate surface area is 103 Å². The van der Waals surface area contributed by atoms with E-state index in [-0.39, 0.29) is 6.61 Å². The van der Waals surface area contributed by atoms with Crippen molar-refractivity contribution in [2.24, 2.45) is 5.92 Å². The Hall–Kier alpha value is -0.900. The average Bonchev–Trinajstić information content (AvgIpc) is 2.40. The van der Waals surface area contributed by atoms with Gasteiger partial charge in [0.25, 0.3) is 0 Å². The lowest BCUT2D eigenvalue weighted by Crippen LogP contribution is -2.49. The van der Waals surface area contributed by atoms with Crippen LogP contribution in [0, 0.1) is 5.92 Å². The summed E-state index contributed by atoms with van der Waals surface area (Å²) in [5.41, 5.74) is 1.31. The molecule has 1 heterocycles. The summed E-state index contributed by atoms with van der Waals surface area (Å²) in [6.07, 6.45) is 1.09. The number of aliphatic hydroxyl groups excluding tert-OH is 1. The third-order valence-corrected chi connectivity index (χ3v) is 3.61. The SMILES string of the molecule is C[C@H](N[C@H]1CCNC[C@H]1CO)c1ccccc1. The van der Waals surface area contributed by atoms with Gasteiger partial charge in [0.2, 0.25) is 0 Å². The smallest absolute Gasteiger partial charge is 0.0486 e. The Morgan fingerprint density at radius 3 is 2.88 bits per heavy atom. The van der Waals surface area contributed by atoms with Crippen LogP contribution in [0.2, 0.25) is 0 Å². The van der Waals surface area contributed by atoms with Crippen LogP contribution in [0.25, 0.3) is 0 Å². The van der Waals surface area contributed by atoms with Crippen molar-refractivity contribution >= 4 is 0 Å². The first-order chi connectivity index (χ1) is 8.31. The Morgan fingerprint density at radius 2 is 2.18 bits per heavy atom. The average molecular weight is 234 g/mol. The van der Waals surface area contributed by atoms with Gasteiger partial charge in [-0.05, 0) is 25.5 Å². The van der Waals surface area contributed by atoms with E-state index in [4.69, 9.17) is 0 Å². The molecule has 0 aliphatic carbocycles. The molecular formula is C14H22N2O. The molecule has 0 radical (unpaired) electrons. The molecule has 2 rings (SSSR count). The van der Waals surface area contributed by atoms with Gasteiger partial charge in [0, 0.05) is 31.2 Å². The van der Waals surface area contributed by atoms with Crippen LogP contribution in [0.1, 0.15) is 24.9 Å². The molecule has 0 spiro atoms. The summed E-state index contributed by atoms with van der Waals surface area (Å²) in [7, 11) is 0. The van der Waals surface area contributed by atoms with Crippen molar-refractivity contribution in [3.8, 4) is 0 Å². The zero-order valence-electron chi connectivity index (χ0n) is 10.4. The monoisotopic (exact) mass is 234 g/mol. The maximum atomic E-state index is 9.36. The molecule has 1 aliphatic rings. The molecule has 1 aromatic rings. The normalized spacial score (nSPS) is 26.7. The van der Waals surface area contributed by atoms with Crippen LogP contribution in [0.5, 0.6) is 0 Å². The Kier molecular flexibility index (Phi) is 4.54. The third-order valence-electron chi connectivity index (χ3n) is 3.61. The van der Waals surface area contributed by atoms with Crippen molar-refractivity contribution in [1.29, 1.82) is 0 Å². The molecule has 1 saturated heterocycles. The first kappa shape index (κ1) is 12.6. The van der Waals surface area contributed by atoms with E-state index in [2.05, 4.69) is 41.8 Å². The summed E-state index contributed by atoms with van der Waals surface area (Å²) in [4.78, 5) is 0. The summed E-state index contributed by atoms with van der Waals surface area (Å²) < 4.78 is 0. The van der Waals surface area contributed by atoms with Crippen LogP contribution < -0.4 is 10.6 Å². The van der Waals surface area contributed by atoms with Gasteiger partial charge in [-0.2, -0.15) is 0 Å². The first-order valence-corrected chi connectivity index (χ1v) is 6.44. The Morgan fingerprint density at radius 1 is 1.41 bits per heavy atom. The van der Waals surface area contributed by atoms with Gasteiger partial charge in [0.05, 0.1) is 0 Å². The molecule has 1 aromatic carbocycles. The van der Waals surface area contributed by atoms with E-state index in [1.807, 2.05) is 6.07 Å². The molecular weight excluding hydrogens is 212 g/mol. The molecule has 94 valence electrons. The van der Waals surface area contributed by atoms with Gasteiger partial charge < -0.3 is 15.7 Å². The lowest BCUT2D eigenvalue weighted by Gasteiger charge is -2.34. The lowest BCUT2D eigenvalue weighted by molar-refractivity contribution is 0.157. The minimum absolute atomic E-state index is 0.256. The van der Waals surface area contributed by atoms with Crippen molar-refractivity contribution in [3.63, 3.8) is 0 Å². The van der Waals surface area contributed by atoms with Crippen LogP contribution >= 0.6 is 0 Å². The number of benzene rings is 1. The van der Waals surface area contributed by atoms with Crippen LogP contribution in [-0.4, -0.2) is 30.8 Å². The number of hydrogen-bond acceptors (Lipinski definition) is 3. The molecule has 0 aromatic heterocycles. The zero-order chi connectivity index (χ0) is 12.1. The topological polar surface area (TPSA) is 44.3 Å². The lowest BCUT2D eigenvalue weighted by atomic mass is 9.93. The molecule has 1 aliphatic heterocycles. The second kappa shape index (κ2) is 6.15. The van der Waals surface area contributed by atoms with E-state index in [0.29, 0.717) is 18.0 Å². The highest BCUT2D eigenvalue weighted by molar-refractivity contribution is 5.18. The van der Waals surface area contributed by atoms with Crippen LogP contribution in [-0.2, 0) is 0 Å². The van der Waals surface area contributed by atoms with Crippen molar-refractivity contribution < 1.29 is 5.11 Å². The Bertz CT molecular complexity index is 328. The van der Waals surface area contributed by atoms with Crippen molar-refractivity contribution in [2.45, 2.75) is 25.4 Å². The van der Waals surface area contributed by atoms with Gasteiger partial charge in [-0.15, -0.1) is 0 Å². The maximum Gasteiger partial charge on any atom is 0.0486 e. The highest BCUT2D eigenvalue weighted by Gasteiger charge is 2.25. The molecule has 0 bridgehead atoms. The fraction of sp³-hybridized carbons (Fsp3) is 0.571. The summed E-state index contributed by atoms with van der Waals surface area (Å²) >= 11 is 0. The molecule has 3 nitrogen and oxygen atoms in total. The van der Waals surface area contributed by atoms with Crippen molar-refractivity contribution in [3.05, 3.63) is 35.9 Å². The van der Waals surface area contributed by atoms with Gasteiger partial charge in [-0.1, -0.05) is 30.3 Å². The van der Waals surface area contributed by atoms with Crippen LogP contribution in [0.4, 0.5) is 0 Å². The number of aliphatic hydroxyl groups is 1. The van der Waals surface area contributed by atoms with Gasteiger partial charge >= 0.3 is 0 Å². The quantitative estimate of drug-likeness (QED) is 0.736. The van der Waals surface area contributed by atoms with E-state index >= 15 is 0 Å². The van der Waals surface area contributed by atoms with Crippen LogP contribution in [0.3, 0.4) is 0 Å². The number of hydrogen-bond donors (Lipinski definition) is 3. The number of nitrogens with one attached hydrogen (secondary N) is 2. The molecule has 3 atom stereocenters. The molecule has 17 heavy (non-hydrogen) atoms. The fourth-order valence-electron chi connectivity index (χ4n) is 2.49. The standard InChI is InChI=1S/C14H22N2O/c1-11(12-5-3-2-4-6-12)16-14-7-8-15-9-13(14)10-17/h2-6,11,13-17H,7-10H2,1H3/t11-,13-,14-/m0/s1. The van der Waals surface area contributed by atoms with E-state index in [1.54, 1.807) is 0 Å². The third kappa shape index (κ3) is 3.28. The minimum Gasteiger partial charge on any atom is -0.396 e. The predicted octanol–water partition coefficient (Wildman–Crippen LogP) is 1.31. The molecule has 3 heteroatoms. The minimum atomic E-state index is 0.256.